The van der Waals surface area contributed by atoms with Crippen LogP contribution in [-0.4, -0.2) is 98.8 Å². The molecule has 200 valence electrons. The lowest BCUT2D eigenvalue weighted by atomic mass is 10.3. The highest BCUT2D eigenvalue weighted by Crippen LogP contribution is 2.22. The lowest BCUT2D eigenvalue weighted by Crippen LogP contribution is -2.43. The summed E-state index contributed by atoms with van der Waals surface area (Å²) >= 11 is 0. The number of nitrogens with one attached hydrogen (secondary N) is 1. The molecule has 0 saturated carbocycles. The van der Waals surface area contributed by atoms with Gasteiger partial charge in [-0.3, -0.25) is 0 Å². The van der Waals surface area contributed by atoms with E-state index in [2.05, 4.69) is 38.4 Å². The van der Waals surface area contributed by atoms with Crippen molar-refractivity contribution in [3.05, 3.63) is 0 Å². The van der Waals surface area contributed by atoms with Crippen molar-refractivity contribution in [1.82, 2.24) is 5.32 Å². The Hall–Kier alpha value is 0.114. The zero-order valence-electron chi connectivity index (χ0n) is 22.7. The first kappa shape index (κ1) is 33.1. The molecule has 0 rings (SSSR count). The Morgan fingerprint density at radius 1 is 0.848 bits per heavy atom. The molecule has 0 aliphatic heterocycles. The van der Waals surface area contributed by atoms with E-state index < -0.39 is 22.7 Å². The minimum absolute atomic E-state index is 0.0176. The zero-order valence-corrected chi connectivity index (χ0v) is 24.7. The molecule has 0 aliphatic rings. The molecule has 33 heavy (non-hydrogen) atoms. The van der Waals surface area contributed by atoms with Crippen LogP contribution in [0.15, 0.2) is 0 Å². The molecule has 0 spiro atoms. The van der Waals surface area contributed by atoms with Gasteiger partial charge in [-0.1, -0.05) is 6.92 Å². The molecule has 0 amide bonds. The third kappa shape index (κ3) is 21.1. The highest BCUT2D eigenvalue weighted by molar-refractivity contribution is 6.84. The number of aliphatic hydroxyl groups excluding tert-OH is 1. The van der Waals surface area contributed by atoms with Crippen LogP contribution in [0.5, 0.6) is 0 Å². The Balaban J connectivity index is 3.69. The van der Waals surface area contributed by atoms with Crippen LogP contribution in [0.2, 0.25) is 38.3 Å². The Kier molecular flexibility index (Phi) is 18.5. The fourth-order valence-electron chi connectivity index (χ4n) is 3.18. The monoisotopic (exact) mass is 510 g/mol. The second-order valence-electron chi connectivity index (χ2n) is 10.4. The fourth-order valence-corrected chi connectivity index (χ4v) is 11.1. The van der Waals surface area contributed by atoms with E-state index in [1.165, 1.54) is 0 Å². The number of ether oxygens (including phenoxy) is 4. The van der Waals surface area contributed by atoms with Crippen molar-refractivity contribution in [1.29, 1.82) is 0 Å². The van der Waals surface area contributed by atoms with Crippen LogP contribution in [0.4, 0.5) is 0 Å². The Morgan fingerprint density at radius 2 is 1.52 bits per heavy atom. The van der Waals surface area contributed by atoms with Gasteiger partial charge in [0, 0.05) is 25.2 Å². The summed E-state index contributed by atoms with van der Waals surface area (Å²) in [6.07, 6.45) is 0.473. The standard InChI is InChI=1S/C23H54N2O6Si2/c1-9-32(5,6)31-33(7,8)14-10-11-27-19-23(26)15-25-21(3)17-28-12-13-30-22(4)18-29-16-20(2)24/h20-23,25-26H,9-19,24H2,1-8H3. The highest BCUT2D eigenvalue weighted by Gasteiger charge is 2.31. The molecule has 4 N–H and O–H groups in total. The highest BCUT2D eigenvalue weighted by atomic mass is 28.4. The van der Waals surface area contributed by atoms with Crippen molar-refractivity contribution in [2.45, 2.75) is 96.7 Å². The summed E-state index contributed by atoms with van der Waals surface area (Å²) in [7, 11) is -3.13. The van der Waals surface area contributed by atoms with Crippen molar-refractivity contribution in [2.75, 3.05) is 52.8 Å². The van der Waals surface area contributed by atoms with Crippen molar-refractivity contribution < 1.29 is 28.2 Å². The molecule has 0 heterocycles. The minimum Gasteiger partial charge on any atom is -0.456 e. The van der Waals surface area contributed by atoms with Crippen molar-refractivity contribution in [3.63, 3.8) is 0 Å². The molecule has 8 nitrogen and oxygen atoms in total. The van der Waals surface area contributed by atoms with Gasteiger partial charge in [-0.25, -0.2) is 0 Å². The zero-order chi connectivity index (χ0) is 25.3. The smallest absolute Gasteiger partial charge is 0.173 e. The molecule has 0 bridgehead atoms. The Labute approximate surface area is 205 Å². The van der Waals surface area contributed by atoms with Crippen LogP contribution in [0, 0.1) is 0 Å². The van der Waals surface area contributed by atoms with Crippen LogP contribution in [0.25, 0.3) is 0 Å². The molecule has 0 fully saturated rings. The van der Waals surface area contributed by atoms with Crippen LogP contribution in [0.1, 0.15) is 34.1 Å². The third-order valence-electron chi connectivity index (χ3n) is 5.21. The first-order valence-electron chi connectivity index (χ1n) is 12.6. The van der Waals surface area contributed by atoms with Gasteiger partial charge in [0.1, 0.15) is 0 Å². The number of hydrogen-bond acceptors (Lipinski definition) is 8. The average molecular weight is 511 g/mol. The lowest BCUT2D eigenvalue weighted by Gasteiger charge is -2.33. The van der Waals surface area contributed by atoms with E-state index in [1.54, 1.807) is 0 Å². The maximum Gasteiger partial charge on any atom is 0.173 e. The molecule has 0 aromatic rings. The summed E-state index contributed by atoms with van der Waals surface area (Å²) < 4.78 is 28.9. The molecular formula is C23H54N2O6Si2. The molecule has 4 atom stereocenters. The summed E-state index contributed by atoms with van der Waals surface area (Å²) in [4.78, 5) is 0. The van der Waals surface area contributed by atoms with E-state index in [9.17, 15) is 5.11 Å². The van der Waals surface area contributed by atoms with E-state index in [0.717, 1.165) is 18.5 Å². The predicted molar refractivity (Wildman–Crippen MR) is 141 cm³/mol. The van der Waals surface area contributed by atoms with Crippen molar-refractivity contribution in [3.8, 4) is 0 Å². The molecule has 0 saturated heterocycles. The summed E-state index contributed by atoms with van der Waals surface area (Å²) in [5.74, 6) is 0. The van der Waals surface area contributed by atoms with Gasteiger partial charge >= 0.3 is 0 Å². The topological polar surface area (TPSA) is 104 Å². The van der Waals surface area contributed by atoms with E-state index in [0.29, 0.717) is 52.8 Å². The Morgan fingerprint density at radius 3 is 2.15 bits per heavy atom. The molecule has 4 unspecified atom stereocenters. The average Bonchev–Trinajstić information content (AvgIpc) is 2.70. The maximum absolute atomic E-state index is 10.1. The first-order chi connectivity index (χ1) is 15.4. The lowest BCUT2D eigenvalue weighted by molar-refractivity contribution is -0.0331. The van der Waals surface area contributed by atoms with E-state index in [1.807, 2.05) is 20.8 Å². The van der Waals surface area contributed by atoms with Crippen LogP contribution >= 0.6 is 0 Å². The van der Waals surface area contributed by atoms with Gasteiger partial charge in [-0.15, -0.1) is 0 Å². The largest absolute Gasteiger partial charge is 0.456 e. The predicted octanol–water partition coefficient (Wildman–Crippen LogP) is 2.96. The second-order valence-corrected chi connectivity index (χ2v) is 19.5. The van der Waals surface area contributed by atoms with Gasteiger partial charge in [0.05, 0.1) is 51.8 Å². The summed E-state index contributed by atoms with van der Waals surface area (Å²) in [6.45, 7) is 21.5. The SMILES string of the molecule is CC[Si](C)(C)O[Si](C)(C)CCCOCC(O)CNC(C)COCCOC(C)COCC(C)N. The van der Waals surface area contributed by atoms with Gasteiger partial charge in [-0.2, -0.15) is 0 Å². The summed E-state index contributed by atoms with van der Waals surface area (Å²) in [5, 5.41) is 13.4. The number of aliphatic hydroxyl groups is 1. The number of rotatable bonds is 22. The molecule has 0 radical (unpaired) electrons. The van der Waals surface area contributed by atoms with Gasteiger partial charge in [-0.05, 0) is 65.5 Å². The minimum atomic E-state index is -1.63. The van der Waals surface area contributed by atoms with Crippen LogP contribution in [0.3, 0.4) is 0 Å². The maximum atomic E-state index is 10.1. The summed E-state index contributed by atoms with van der Waals surface area (Å²) in [6, 6.07) is 2.42. The Bertz CT molecular complexity index is 472. The molecule has 10 heteroatoms. The molecule has 0 aliphatic carbocycles. The van der Waals surface area contributed by atoms with Crippen LogP contribution < -0.4 is 11.1 Å². The van der Waals surface area contributed by atoms with E-state index in [-0.39, 0.29) is 18.2 Å². The summed E-state index contributed by atoms with van der Waals surface area (Å²) in [5.41, 5.74) is 5.64. The number of hydrogen-bond donors (Lipinski definition) is 3. The van der Waals surface area contributed by atoms with Crippen molar-refractivity contribution >= 4 is 16.6 Å². The number of nitrogens with two attached hydrogens (primary N) is 1. The normalized spacial score (nSPS) is 16.5. The molecule has 0 aromatic carbocycles. The van der Waals surface area contributed by atoms with E-state index >= 15 is 0 Å². The van der Waals surface area contributed by atoms with E-state index in [4.69, 9.17) is 28.8 Å². The van der Waals surface area contributed by atoms with Gasteiger partial charge in [0.25, 0.3) is 0 Å². The van der Waals surface area contributed by atoms with Gasteiger partial charge in [0.15, 0.2) is 16.6 Å². The fraction of sp³-hybridized carbons (Fsp3) is 1.00. The first-order valence-corrected chi connectivity index (χ1v) is 18.8. The van der Waals surface area contributed by atoms with Gasteiger partial charge in [0.2, 0.25) is 0 Å². The van der Waals surface area contributed by atoms with Crippen LogP contribution in [-0.2, 0) is 23.1 Å². The van der Waals surface area contributed by atoms with Gasteiger partial charge < -0.3 is 39.2 Å². The van der Waals surface area contributed by atoms with Crippen molar-refractivity contribution in [2.24, 2.45) is 5.73 Å². The molecular weight excluding hydrogens is 456 g/mol. The molecule has 0 aromatic heterocycles. The quantitative estimate of drug-likeness (QED) is 0.151. The second kappa shape index (κ2) is 18.4. The third-order valence-corrected chi connectivity index (χ3v) is 12.9.